The Bertz CT molecular complexity index is 438. The molecule has 0 aromatic heterocycles. The smallest absolute Gasteiger partial charge is 0.345 e. The Labute approximate surface area is 104 Å². The van der Waals surface area contributed by atoms with Gasteiger partial charge in [-0.1, -0.05) is 18.2 Å². The molecule has 0 amide bonds. The minimum absolute atomic E-state index is 0.109. The summed E-state index contributed by atoms with van der Waals surface area (Å²) in [5.74, 6) is 0. The number of rotatable bonds is 8. The number of ether oxygens (including phenoxy) is 2. The minimum Gasteiger partial charge on any atom is -0.363 e. The van der Waals surface area contributed by atoms with Crippen molar-refractivity contribution in [2.75, 3.05) is 19.9 Å². The van der Waals surface area contributed by atoms with Crippen molar-refractivity contribution in [3.05, 3.63) is 30.3 Å². The van der Waals surface area contributed by atoms with Crippen LogP contribution in [0.2, 0.25) is 0 Å². The Balaban J connectivity index is 2.27. The van der Waals surface area contributed by atoms with Crippen LogP contribution in [-0.4, -0.2) is 35.0 Å². The second-order valence-corrected chi connectivity index (χ2v) is 4.91. The van der Waals surface area contributed by atoms with Crippen molar-refractivity contribution in [2.24, 2.45) is 0 Å². The van der Waals surface area contributed by atoms with Gasteiger partial charge in [0.15, 0.2) is 0 Å². The maximum atomic E-state index is 11.6. The first-order chi connectivity index (χ1) is 8.52. The predicted octanol–water partition coefficient (Wildman–Crippen LogP) is 1.18. The summed E-state index contributed by atoms with van der Waals surface area (Å²) in [4.78, 5) is 0.109. The Morgan fingerprint density at radius 2 is 1.83 bits per heavy atom. The Morgan fingerprint density at radius 1 is 1.17 bits per heavy atom. The predicted molar refractivity (Wildman–Crippen MR) is 59.5 cm³/mol. The highest BCUT2D eigenvalue weighted by molar-refractivity contribution is 7.89. The van der Waals surface area contributed by atoms with E-state index in [0.717, 1.165) is 0 Å². The van der Waals surface area contributed by atoms with E-state index in [4.69, 9.17) is 4.74 Å². The van der Waals surface area contributed by atoms with Gasteiger partial charge < -0.3 is 9.47 Å². The number of benzene rings is 1. The summed E-state index contributed by atoms with van der Waals surface area (Å²) < 4.78 is 57.3. The molecular weight excluding hydrogens is 268 g/mol. The zero-order chi connectivity index (χ0) is 13.4. The van der Waals surface area contributed by atoms with Gasteiger partial charge in [0.05, 0.1) is 18.1 Å². The molecule has 0 saturated carbocycles. The summed E-state index contributed by atoms with van der Waals surface area (Å²) in [7, 11) is -3.63. The topological polar surface area (TPSA) is 64.6 Å². The van der Waals surface area contributed by atoms with Crippen molar-refractivity contribution in [3.8, 4) is 0 Å². The van der Waals surface area contributed by atoms with E-state index >= 15 is 0 Å². The molecule has 1 N–H and O–H groups in total. The average Bonchev–Trinajstić information content (AvgIpc) is 2.34. The lowest BCUT2D eigenvalue weighted by molar-refractivity contribution is -0.139. The summed E-state index contributed by atoms with van der Waals surface area (Å²) in [5.41, 5.74) is 0. The van der Waals surface area contributed by atoms with Crippen LogP contribution in [0.3, 0.4) is 0 Å². The van der Waals surface area contributed by atoms with E-state index in [2.05, 4.69) is 9.46 Å². The number of sulfonamides is 1. The van der Waals surface area contributed by atoms with Crippen LogP contribution in [0.25, 0.3) is 0 Å². The molecule has 0 fully saturated rings. The maximum absolute atomic E-state index is 11.6. The molecule has 0 radical (unpaired) electrons. The fourth-order valence-corrected chi connectivity index (χ4v) is 1.99. The summed E-state index contributed by atoms with van der Waals surface area (Å²) in [6.07, 6.45) is 0. The van der Waals surface area contributed by atoms with Gasteiger partial charge in [0, 0.05) is 0 Å². The van der Waals surface area contributed by atoms with Crippen molar-refractivity contribution in [1.82, 2.24) is 4.72 Å². The Morgan fingerprint density at radius 3 is 2.44 bits per heavy atom. The van der Waals surface area contributed by atoms with Crippen LogP contribution in [0, 0.1) is 0 Å². The highest BCUT2D eigenvalue weighted by Gasteiger charge is 2.12. The third-order valence-corrected chi connectivity index (χ3v) is 3.27. The molecule has 5 nitrogen and oxygen atoms in total. The molecular formula is C10H13F2NO4S. The lowest BCUT2D eigenvalue weighted by atomic mass is 10.4. The van der Waals surface area contributed by atoms with Crippen molar-refractivity contribution in [1.29, 1.82) is 0 Å². The van der Waals surface area contributed by atoms with Crippen LogP contribution in [-0.2, 0) is 19.5 Å². The molecule has 0 bridgehead atoms. The highest BCUT2D eigenvalue weighted by atomic mass is 32.2. The Kier molecular flexibility index (Phi) is 6.13. The monoisotopic (exact) mass is 281 g/mol. The zero-order valence-electron chi connectivity index (χ0n) is 9.38. The third kappa shape index (κ3) is 5.50. The number of hydrogen-bond donors (Lipinski definition) is 1. The molecule has 0 saturated heterocycles. The zero-order valence-corrected chi connectivity index (χ0v) is 10.2. The minimum atomic E-state index is -3.63. The van der Waals surface area contributed by atoms with Gasteiger partial charge in [-0.05, 0) is 12.1 Å². The van der Waals surface area contributed by atoms with Gasteiger partial charge in [-0.15, -0.1) is 0 Å². The molecule has 8 heteroatoms. The molecule has 18 heavy (non-hydrogen) atoms. The standard InChI is InChI=1S/C10H13F2NO4S/c11-10(12)17-7-6-16-8-13-18(14,15)9-4-2-1-3-5-9/h1-5,10,13H,6-8H2. The van der Waals surface area contributed by atoms with E-state index in [0.29, 0.717) is 0 Å². The highest BCUT2D eigenvalue weighted by Crippen LogP contribution is 2.06. The van der Waals surface area contributed by atoms with Gasteiger partial charge >= 0.3 is 6.61 Å². The summed E-state index contributed by atoms with van der Waals surface area (Å²) >= 11 is 0. The first-order valence-corrected chi connectivity index (χ1v) is 6.53. The molecule has 1 aromatic carbocycles. The fourth-order valence-electron chi connectivity index (χ4n) is 1.07. The second-order valence-electron chi connectivity index (χ2n) is 3.14. The Hall–Kier alpha value is -1.09. The molecule has 0 aliphatic heterocycles. The summed E-state index contributed by atoms with van der Waals surface area (Å²) in [5, 5.41) is 0. The molecule has 1 aromatic rings. The molecule has 0 heterocycles. The lowest BCUT2D eigenvalue weighted by Gasteiger charge is -2.07. The van der Waals surface area contributed by atoms with E-state index in [1.807, 2.05) is 0 Å². The molecule has 0 atom stereocenters. The summed E-state index contributed by atoms with van der Waals surface area (Å²) in [6.45, 7) is -3.58. The van der Waals surface area contributed by atoms with Crippen molar-refractivity contribution < 1.29 is 26.7 Å². The van der Waals surface area contributed by atoms with E-state index < -0.39 is 16.6 Å². The normalized spacial score (nSPS) is 11.9. The van der Waals surface area contributed by atoms with E-state index in [9.17, 15) is 17.2 Å². The number of alkyl halides is 2. The quantitative estimate of drug-likeness (QED) is 0.574. The van der Waals surface area contributed by atoms with Crippen molar-refractivity contribution in [3.63, 3.8) is 0 Å². The third-order valence-electron chi connectivity index (χ3n) is 1.88. The number of hydrogen-bond acceptors (Lipinski definition) is 4. The van der Waals surface area contributed by atoms with Gasteiger partial charge in [-0.2, -0.15) is 13.5 Å². The maximum Gasteiger partial charge on any atom is 0.345 e. The van der Waals surface area contributed by atoms with Gasteiger partial charge in [-0.3, -0.25) is 0 Å². The first-order valence-electron chi connectivity index (χ1n) is 5.04. The van der Waals surface area contributed by atoms with E-state index in [1.54, 1.807) is 18.2 Å². The van der Waals surface area contributed by atoms with E-state index in [-0.39, 0.29) is 24.8 Å². The SMILES string of the molecule is O=S(=O)(NCOCCOC(F)F)c1ccccc1. The summed E-state index contributed by atoms with van der Waals surface area (Å²) in [6, 6.07) is 7.74. The van der Waals surface area contributed by atoms with Crippen molar-refractivity contribution in [2.45, 2.75) is 11.5 Å². The van der Waals surface area contributed by atoms with Gasteiger partial charge in [0.2, 0.25) is 10.0 Å². The average molecular weight is 281 g/mol. The molecule has 0 aliphatic rings. The van der Waals surface area contributed by atoms with Crippen LogP contribution in [0.1, 0.15) is 0 Å². The van der Waals surface area contributed by atoms with Crippen LogP contribution >= 0.6 is 0 Å². The van der Waals surface area contributed by atoms with Gasteiger partial charge in [-0.25, -0.2) is 8.42 Å². The van der Waals surface area contributed by atoms with Crippen LogP contribution in [0.5, 0.6) is 0 Å². The number of halogens is 2. The van der Waals surface area contributed by atoms with Crippen LogP contribution < -0.4 is 4.72 Å². The lowest BCUT2D eigenvalue weighted by Crippen LogP contribution is -2.27. The molecule has 0 unspecified atom stereocenters. The fraction of sp³-hybridized carbons (Fsp3) is 0.400. The van der Waals surface area contributed by atoms with Crippen LogP contribution in [0.4, 0.5) is 8.78 Å². The molecule has 0 spiro atoms. The second kappa shape index (κ2) is 7.37. The number of nitrogens with one attached hydrogen (secondary N) is 1. The molecule has 0 aliphatic carbocycles. The van der Waals surface area contributed by atoms with E-state index in [1.165, 1.54) is 12.1 Å². The molecule has 1 rings (SSSR count). The van der Waals surface area contributed by atoms with Crippen molar-refractivity contribution >= 4 is 10.0 Å². The first kappa shape index (κ1) is 15.0. The molecule has 102 valence electrons. The van der Waals surface area contributed by atoms with Gasteiger partial charge in [0.1, 0.15) is 6.73 Å². The van der Waals surface area contributed by atoms with Crippen LogP contribution in [0.15, 0.2) is 35.2 Å². The largest absolute Gasteiger partial charge is 0.363 e. The van der Waals surface area contributed by atoms with Gasteiger partial charge in [0.25, 0.3) is 0 Å².